The Bertz CT molecular complexity index is 391. The molecular formula is C14H18BrFO2. The van der Waals surface area contributed by atoms with Gasteiger partial charge in [-0.05, 0) is 65.7 Å². The van der Waals surface area contributed by atoms with E-state index in [1.54, 1.807) is 12.1 Å². The average molecular weight is 317 g/mol. The molecule has 1 saturated heterocycles. The van der Waals surface area contributed by atoms with Gasteiger partial charge in [-0.1, -0.05) is 6.07 Å². The molecule has 1 aromatic rings. The van der Waals surface area contributed by atoms with Crippen LogP contribution in [0.5, 0.6) is 0 Å². The highest BCUT2D eigenvalue weighted by Gasteiger charge is 2.17. The van der Waals surface area contributed by atoms with Gasteiger partial charge in [0.1, 0.15) is 5.82 Å². The third-order valence-electron chi connectivity index (χ3n) is 3.36. The molecule has 2 unspecified atom stereocenters. The quantitative estimate of drug-likeness (QED) is 0.910. The van der Waals surface area contributed by atoms with E-state index >= 15 is 0 Å². The Morgan fingerprint density at radius 3 is 2.94 bits per heavy atom. The fourth-order valence-corrected chi connectivity index (χ4v) is 2.66. The molecule has 0 spiro atoms. The summed E-state index contributed by atoms with van der Waals surface area (Å²) in [4.78, 5) is 0. The van der Waals surface area contributed by atoms with Gasteiger partial charge in [0.2, 0.25) is 0 Å². The van der Waals surface area contributed by atoms with Crippen molar-refractivity contribution in [3.8, 4) is 0 Å². The van der Waals surface area contributed by atoms with Gasteiger partial charge in [-0.25, -0.2) is 4.39 Å². The number of benzene rings is 1. The lowest BCUT2D eigenvalue weighted by Gasteiger charge is -2.23. The van der Waals surface area contributed by atoms with Crippen LogP contribution in [0.15, 0.2) is 22.7 Å². The van der Waals surface area contributed by atoms with E-state index in [0.717, 1.165) is 31.4 Å². The van der Waals surface area contributed by atoms with Gasteiger partial charge in [0, 0.05) is 6.61 Å². The van der Waals surface area contributed by atoms with Crippen LogP contribution in [0, 0.1) is 5.82 Å². The summed E-state index contributed by atoms with van der Waals surface area (Å²) in [5, 5.41) is 10.1. The highest BCUT2D eigenvalue weighted by Crippen LogP contribution is 2.26. The average Bonchev–Trinajstić information content (AvgIpc) is 2.40. The molecule has 1 heterocycles. The number of hydrogen-bond acceptors (Lipinski definition) is 2. The zero-order valence-corrected chi connectivity index (χ0v) is 11.8. The molecule has 0 radical (unpaired) electrons. The molecule has 18 heavy (non-hydrogen) atoms. The first-order chi connectivity index (χ1) is 8.66. The molecule has 1 aliphatic heterocycles. The Hall–Kier alpha value is -0.450. The van der Waals surface area contributed by atoms with Crippen LogP contribution in [0.25, 0.3) is 0 Å². The summed E-state index contributed by atoms with van der Waals surface area (Å²) in [6.07, 6.45) is 4.68. The van der Waals surface area contributed by atoms with Gasteiger partial charge in [0.15, 0.2) is 0 Å². The summed E-state index contributed by atoms with van der Waals surface area (Å²) in [5.41, 5.74) is 0.749. The minimum atomic E-state index is -0.549. The minimum Gasteiger partial charge on any atom is -0.388 e. The number of hydrogen-bond donors (Lipinski definition) is 1. The largest absolute Gasteiger partial charge is 0.388 e. The zero-order valence-electron chi connectivity index (χ0n) is 10.2. The van der Waals surface area contributed by atoms with Crippen LogP contribution in [0.3, 0.4) is 0 Å². The van der Waals surface area contributed by atoms with Crippen molar-refractivity contribution in [1.82, 2.24) is 0 Å². The summed E-state index contributed by atoms with van der Waals surface area (Å²) in [6, 6.07) is 4.65. The van der Waals surface area contributed by atoms with Gasteiger partial charge in [0.25, 0.3) is 0 Å². The van der Waals surface area contributed by atoms with E-state index in [1.807, 2.05) is 0 Å². The Kier molecular flexibility index (Phi) is 5.15. The third kappa shape index (κ3) is 3.77. The summed E-state index contributed by atoms with van der Waals surface area (Å²) in [7, 11) is 0. The van der Waals surface area contributed by atoms with Crippen LogP contribution < -0.4 is 0 Å². The maximum absolute atomic E-state index is 13.1. The lowest BCUT2D eigenvalue weighted by Crippen LogP contribution is -2.19. The summed E-state index contributed by atoms with van der Waals surface area (Å²) in [5.74, 6) is -0.304. The monoisotopic (exact) mass is 316 g/mol. The Morgan fingerprint density at radius 2 is 2.28 bits per heavy atom. The van der Waals surface area contributed by atoms with Crippen molar-refractivity contribution in [1.29, 1.82) is 0 Å². The van der Waals surface area contributed by atoms with Gasteiger partial charge >= 0.3 is 0 Å². The van der Waals surface area contributed by atoms with Gasteiger partial charge in [-0.15, -0.1) is 0 Å². The lowest BCUT2D eigenvalue weighted by atomic mass is 9.99. The van der Waals surface area contributed by atoms with Crippen molar-refractivity contribution in [2.24, 2.45) is 0 Å². The van der Waals surface area contributed by atoms with Crippen molar-refractivity contribution >= 4 is 15.9 Å². The van der Waals surface area contributed by atoms with Gasteiger partial charge < -0.3 is 9.84 Å². The maximum Gasteiger partial charge on any atom is 0.137 e. The van der Waals surface area contributed by atoms with Crippen molar-refractivity contribution < 1.29 is 14.2 Å². The molecule has 1 N–H and O–H groups in total. The molecule has 0 amide bonds. The van der Waals surface area contributed by atoms with Crippen LogP contribution in [0.4, 0.5) is 4.39 Å². The molecule has 1 aromatic carbocycles. The standard InChI is InChI=1S/C14H18BrFO2/c15-12-9-10(4-6-13(12)16)14(17)7-5-11-3-1-2-8-18-11/h4,6,9,11,14,17H,1-3,5,7-8H2. The number of halogens is 2. The Morgan fingerprint density at radius 1 is 1.44 bits per heavy atom. The van der Waals surface area contributed by atoms with E-state index in [0.29, 0.717) is 10.9 Å². The van der Waals surface area contributed by atoms with Crippen LogP contribution in [0.1, 0.15) is 43.8 Å². The molecule has 0 aromatic heterocycles. The van der Waals surface area contributed by atoms with E-state index in [4.69, 9.17) is 4.74 Å². The second-order valence-corrected chi connectivity index (χ2v) is 5.61. The van der Waals surface area contributed by atoms with Gasteiger partial charge in [0.05, 0.1) is 16.7 Å². The molecule has 0 aliphatic carbocycles. The van der Waals surface area contributed by atoms with Crippen LogP contribution in [-0.4, -0.2) is 17.8 Å². The van der Waals surface area contributed by atoms with Crippen molar-refractivity contribution in [2.75, 3.05) is 6.61 Å². The second kappa shape index (κ2) is 6.64. The maximum atomic E-state index is 13.1. The second-order valence-electron chi connectivity index (χ2n) is 4.76. The van der Waals surface area contributed by atoms with Gasteiger partial charge in [-0.3, -0.25) is 0 Å². The van der Waals surface area contributed by atoms with Crippen molar-refractivity contribution in [3.05, 3.63) is 34.1 Å². The topological polar surface area (TPSA) is 29.5 Å². The predicted molar refractivity (Wildman–Crippen MR) is 71.9 cm³/mol. The summed E-state index contributed by atoms with van der Waals surface area (Å²) < 4.78 is 19.1. The number of ether oxygens (including phenoxy) is 1. The molecule has 4 heteroatoms. The zero-order chi connectivity index (χ0) is 13.0. The molecule has 1 fully saturated rings. The van der Waals surface area contributed by atoms with Crippen molar-refractivity contribution in [2.45, 2.75) is 44.3 Å². The first-order valence-electron chi connectivity index (χ1n) is 6.41. The first kappa shape index (κ1) is 14.0. The highest BCUT2D eigenvalue weighted by atomic mass is 79.9. The fourth-order valence-electron chi connectivity index (χ4n) is 2.27. The Labute approximate surface area is 115 Å². The number of rotatable bonds is 4. The molecule has 2 atom stereocenters. The van der Waals surface area contributed by atoms with Crippen LogP contribution in [-0.2, 0) is 4.74 Å². The van der Waals surface area contributed by atoms with E-state index in [2.05, 4.69) is 15.9 Å². The van der Waals surface area contributed by atoms with Crippen LogP contribution >= 0.6 is 15.9 Å². The molecule has 2 rings (SSSR count). The van der Waals surface area contributed by atoms with E-state index in [-0.39, 0.29) is 11.9 Å². The molecule has 0 bridgehead atoms. The predicted octanol–water partition coefficient (Wildman–Crippen LogP) is 3.97. The molecular weight excluding hydrogens is 299 g/mol. The highest BCUT2D eigenvalue weighted by molar-refractivity contribution is 9.10. The van der Waals surface area contributed by atoms with Crippen LogP contribution in [0.2, 0.25) is 0 Å². The summed E-state index contributed by atoms with van der Waals surface area (Å²) in [6.45, 7) is 0.836. The van der Waals surface area contributed by atoms with Gasteiger partial charge in [-0.2, -0.15) is 0 Å². The normalized spacial score (nSPS) is 21.8. The molecule has 100 valence electrons. The SMILES string of the molecule is OC(CCC1CCCCO1)c1ccc(F)c(Br)c1. The Balaban J connectivity index is 1.86. The smallest absolute Gasteiger partial charge is 0.137 e. The van der Waals surface area contributed by atoms with E-state index < -0.39 is 6.10 Å². The first-order valence-corrected chi connectivity index (χ1v) is 7.20. The fraction of sp³-hybridized carbons (Fsp3) is 0.571. The number of aliphatic hydroxyl groups excluding tert-OH is 1. The molecule has 0 saturated carbocycles. The lowest BCUT2D eigenvalue weighted by molar-refractivity contribution is 0.00212. The third-order valence-corrected chi connectivity index (χ3v) is 3.97. The van der Waals surface area contributed by atoms with E-state index in [9.17, 15) is 9.50 Å². The summed E-state index contributed by atoms with van der Waals surface area (Å²) >= 11 is 3.13. The molecule has 2 nitrogen and oxygen atoms in total. The number of aliphatic hydroxyl groups is 1. The minimum absolute atomic E-state index is 0.275. The molecule has 1 aliphatic rings. The van der Waals surface area contributed by atoms with Crippen molar-refractivity contribution in [3.63, 3.8) is 0 Å². The van der Waals surface area contributed by atoms with E-state index in [1.165, 1.54) is 12.5 Å².